The zero-order valence-corrected chi connectivity index (χ0v) is 14.6. The lowest BCUT2D eigenvalue weighted by Crippen LogP contribution is -2.49. The molecule has 132 valence electrons. The molecule has 0 atom stereocenters. The molecular formula is C20H30N2O2. The minimum Gasteiger partial charge on any atom is -0.378 e. The molecule has 24 heavy (non-hydrogen) atoms. The van der Waals surface area contributed by atoms with E-state index >= 15 is 0 Å². The van der Waals surface area contributed by atoms with Gasteiger partial charge in [0, 0.05) is 19.7 Å². The van der Waals surface area contributed by atoms with Crippen molar-refractivity contribution in [3.05, 3.63) is 35.9 Å². The van der Waals surface area contributed by atoms with Gasteiger partial charge in [-0.3, -0.25) is 4.79 Å². The lowest BCUT2D eigenvalue weighted by Gasteiger charge is -2.38. The van der Waals surface area contributed by atoms with Crippen LogP contribution in [0.1, 0.15) is 50.5 Å². The third-order valence-corrected chi connectivity index (χ3v) is 5.62. The van der Waals surface area contributed by atoms with Gasteiger partial charge in [0.25, 0.3) is 0 Å². The van der Waals surface area contributed by atoms with Gasteiger partial charge >= 0.3 is 0 Å². The minimum atomic E-state index is -0.283. The van der Waals surface area contributed by atoms with Crippen LogP contribution in [0.5, 0.6) is 0 Å². The third kappa shape index (κ3) is 3.65. The first-order valence-corrected chi connectivity index (χ1v) is 9.43. The number of rotatable bonds is 6. The van der Waals surface area contributed by atoms with E-state index in [0.29, 0.717) is 12.5 Å². The van der Waals surface area contributed by atoms with Crippen LogP contribution in [0.2, 0.25) is 0 Å². The van der Waals surface area contributed by atoms with Gasteiger partial charge in [-0.15, -0.1) is 0 Å². The molecular weight excluding hydrogens is 300 g/mol. The normalized spacial score (nSPS) is 21.1. The molecule has 1 aromatic carbocycles. The monoisotopic (exact) mass is 330 g/mol. The first kappa shape index (κ1) is 17.4. The van der Waals surface area contributed by atoms with Gasteiger partial charge in [0.05, 0.1) is 11.5 Å². The van der Waals surface area contributed by atoms with Crippen molar-refractivity contribution in [2.24, 2.45) is 5.73 Å². The third-order valence-electron chi connectivity index (χ3n) is 5.62. The molecule has 1 aliphatic carbocycles. The molecule has 1 saturated heterocycles. The van der Waals surface area contributed by atoms with Crippen LogP contribution >= 0.6 is 0 Å². The summed E-state index contributed by atoms with van der Waals surface area (Å²) in [6, 6.07) is 10.4. The maximum absolute atomic E-state index is 13.4. The number of amides is 1. The molecule has 4 heteroatoms. The van der Waals surface area contributed by atoms with E-state index in [-0.39, 0.29) is 11.5 Å². The van der Waals surface area contributed by atoms with Gasteiger partial charge in [-0.2, -0.15) is 0 Å². The van der Waals surface area contributed by atoms with Crippen LogP contribution in [0.15, 0.2) is 30.3 Å². The predicted octanol–water partition coefficient (Wildman–Crippen LogP) is 2.85. The Hall–Kier alpha value is -1.39. The molecule has 1 aliphatic heterocycles. The number of piperidine rings is 1. The van der Waals surface area contributed by atoms with Gasteiger partial charge < -0.3 is 15.4 Å². The molecule has 0 spiro atoms. The van der Waals surface area contributed by atoms with Crippen molar-refractivity contribution < 1.29 is 9.53 Å². The highest BCUT2D eigenvalue weighted by Gasteiger charge is 2.45. The van der Waals surface area contributed by atoms with Gasteiger partial charge in [-0.05, 0) is 44.2 Å². The summed E-state index contributed by atoms with van der Waals surface area (Å²) < 4.78 is 5.87. The largest absolute Gasteiger partial charge is 0.378 e. The second-order valence-corrected chi connectivity index (χ2v) is 7.16. The predicted molar refractivity (Wildman–Crippen MR) is 95.8 cm³/mol. The number of hydrogen-bond acceptors (Lipinski definition) is 3. The fraction of sp³-hybridized carbons (Fsp3) is 0.650. The summed E-state index contributed by atoms with van der Waals surface area (Å²) in [7, 11) is 0. The van der Waals surface area contributed by atoms with Crippen molar-refractivity contribution in [3.63, 3.8) is 0 Å². The molecule has 0 radical (unpaired) electrons. The van der Waals surface area contributed by atoms with Crippen LogP contribution < -0.4 is 5.73 Å². The van der Waals surface area contributed by atoms with Crippen LogP contribution in [0, 0.1) is 0 Å². The van der Waals surface area contributed by atoms with Gasteiger partial charge in [0.2, 0.25) is 5.91 Å². The van der Waals surface area contributed by atoms with Gasteiger partial charge in [0.15, 0.2) is 0 Å². The summed E-state index contributed by atoms with van der Waals surface area (Å²) in [6.45, 7) is 3.06. The second-order valence-electron chi connectivity index (χ2n) is 7.16. The van der Waals surface area contributed by atoms with Crippen molar-refractivity contribution >= 4 is 5.91 Å². The Labute approximate surface area is 145 Å². The van der Waals surface area contributed by atoms with E-state index in [9.17, 15) is 4.79 Å². The standard InChI is InChI=1S/C20H30N2O2/c21-13-6-16-24-18-9-14-22(15-10-18)19(23)20(11-4-5-12-20)17-7-2-1-3-8-17/h1-3,7-8,18H,4-6,9-16,21H2. The molecule has 4 nitrogen and oxygen atoms in total. The summed E-state index contributed by atoms with van der Waals surface area (Å²) in [5.41, 5.74) is 6.43. The van der Waals surface area contributed by atoms with Crippen LogP contribution in [0.4, 0.5) is 0 Å². The maximum Gasteiger partial charge on any atom is 0.233 e. The van der Waals surface area contributed by atoms with E-state index in [1.165, 1.54) is 5.56 Å². The Morgan fingerprint density at radius 2 is 1.83 bits per heavy atom. The fourth-order valence-electron chi connectivity index (χ4n) is 4.22. The highest BCUT2D eigenvalue weighted by molar-refractivity contribution is 5.88. The molecule has 2 aliphatic rings. The molecule has 1 aromatic rings. The smallest absolute Gasteiger partial charge is 0.233 e. The molecule has 1 amide bonds. The molecule has 3 rings (SSSR count). The number of carbonyl (C=O) groups is 1. The van der Waals surface area contributed by atoms with Crippen LogP contribution in [0.3, 0.4) is 0 Å². The Balaban J connectivity index is 1.63. The number of benzene rings is 1. The summed E-state index contributed by atoms with van der Waals surface area (Å²) in [5, 5.41) is 0. The van der Waals surface area contributed by atoms with E-state index in [2.05, 4.69) is 29.2 Å². The molecule has 0 unspecified atom stereocenters. The van der Waals surface area contributed by atoms with Crippen molar-refractivity contribution in [2.45, 2.75) is 56.5 Å². The number of likely N-dealkylation sites (tertiary alicyclic amines) is 1. The van der Waals surface area contributed by atoms with Crippen LogP contribution in [-0.4, -0.2) is 43.2 Å². The topological polar surface area (TPSA) is 55.6 Å². The summed E-state index contributed by atoms with van der Waals surface area (Å²) in [4.78, 5) is 15.4. The minimum absolute atomic E-state index is 0.283. The van der Waals surface area contributed by atoms with Gasteiger partial charge in [0.1, 0.15) is 0 Å². The van der Waals surface area contributed by atoms with Gasteiger partial charge in [-0.1, -0.05) is 43.2 Å². The van der Waals surface area contributed by atoms with Crippen molar-refractivity contribution in [1.29, 1.82) is 0 Å². The first-order valence-electron chi connectivity index (χ1n) is 9.43. The number of ether oxygens (including phenoxy) is 1. The fourth-order valence-corrected chi connectivity index (χ4v) is 4.22. The van der Waals surface area contributed by atoms with Crippen molar-refractivity contribution in [2.75, 3.05) is 26.2 Å². The molecule has 0 bridgehead atoms. The Morgan fingerprint density at radius 1 is 1.17 bits per heavy atom. The van der Waals surface area contributed by atoms with E-state index in [1.807, 2.05) is 6.07 Å². The molecule has 1 heterocycles. The first-order chi connectivity index (χ1) is 11.8. The number of carbonyl (C=O) groups excluding carboxylic acids is 1. The van der Waals surface area contributed by atoms with Crippen LogP contribution in [0.25, 0.3) is 0 Å². The van der Waals surface area contributed by atoms with Crippen molar-refractivity contribution in [3.8, 4) is 0 Å². The van der Waals surface area contributed by atoms with Crippen molar-refractivity contribution in [1.82, 2.24) is 4.90 Å². The maximum atomic E-state index is 13.4. The average Bonchev–Trinajstić information content (AvgIpc) is 3.14. The molecule has 1 saturated carbocycles. The highest BCUT2D eigenvalue weighted by Crippen LogP contribution is 2.43. The zero-order valence-electron chi connectivity index (χ0n) is 14.6. The van der Waals surface area contributed by atoms with E-state index in [1.54, 1.807) is 0 Å². The molecule has 2 fully saturated rings. The quantitative estimate of drug-likeness (QED) is 0.816. The lowest BCUT2D eigenvalue weighted by molar-refractivity contribution is -0.140. The van der Waals surface area contributed by atoms with Gasteiger partial charge in [-0.25, -0.2) is 0 Å². The van der Waals surface area contributed by atoms with E-state index in [4.69, 9.17) is 10.5 Å². The Bertz CT molecular complexity index is 518. The van der Waals surface area contributed by atoms with E-state index in [0.717, 1.165) is 64.6 Å². The number of hydrogen-bond donors (Lipinski definition) is 1. The number of nitrogens with zero attached hydrogens (tertiary/aromatic N) is 1. The van der Waals surface area contributed by atoms with Crippen LogP contribution in [-0.2, 0) is 14.9 Å². The zero-order chi connectivity index (χ0) is 16.8. The summed E-state index contributed by atoms with van der Waals surface area (Å²) in [5.74, 6) is 0.339. The SMILES string of the molecule is NCCCOC1CCN(C(=O)C2(c3ccccc3)CCCC2)CC1. The Kier molecular flexibility index (Phi) is 5.90. The molecule has 0 aromatic heterocycles. The lowest BCUT2D eigenvalue weighted by atomic mass is 9.77. The highest BCUT2D eigenvalue weighted by atomic mass is 16.5. The molecule has 2 N–H and O–H groups in total. The number of nitrogens with two attached hydrogens (primary N) is 1. The second kappa shape index (κ2) is 8.13. The average molecular weight is 330 g/mol. The van der Waals surface area contributed by atoms with E-state index < -0.39 is 0 Å². The summed E-state index contributed by atoms with van der Waals surface area (Å²) in [6.07, 6.45) is 7.37. The Morgan fingerprint density at radius 3 is 2.46 bits per heavy atom. The summed E-state index contributed by atoms with van der Waals surface area (Å²) >= 11 is 0.